The van der Waals surface area contributed by atoms with E-state index in [1.54, 1.807) is 0 Å². The van der Waals surface area contributed by atoms with Gasteiger partial charge < -0.3 is 15.4 Å². The van der Waals surface area contributed by atoms with Crippen molar-refractivity contribution in [3.05, 3.63) is 29.3 Å². The van der Waals surface area contributed by atoms with E-state index in [0.29, 0.717) is 12.0 Å². The van der Waals surface area contributed by atoms with Gasteiger partial charge >= 0.3 is 0 Å². The minimum atomic E-state index is 0.571. The van der Waals surface area contributed by atoms with Crippen LogP contribution in [0.2, 0.25) is 0 Å². The first kappa shape index (κ1) is 13.9. The fourth-order valence-corrected chi connectivity index (χ4v) is 3.65. The highest BCUT2D eigenvalue weighted by molar-refractivity contribution is 5.52. The molecular formula is C17H26N2O. The quantitative estimate of drug-likeness (QED) is 0.921. The normalized spacial score (nSPS) is 23.4. The summed E-state index contributed by atoms with van der Waals surface area (Å²) in [6.45, 7) is 2.58. The first-order valence-corrected chi connectivity index (χ1v) is 7.93. The van der Waals surface area contributed by atoms with Crippen molar-refractivity contribution in [3.8, 4) is 0 Å². The monoisotopic (exact) mass is 274 g/mol. The Bertz CT molecular complexity index is 454. The molecule has 3 rings (SSSR count). The summed E-state index contributed by atoms with van der Waals surface area (Å²) >= 11 is 0. The van der Waals surface area contributed by atoms with E-state index in [-0.39, 0.29) is 0 Å². The molecular weight excluding hydrogens is 248 g/mol. The van der Waals surface area contributed by atoms with E-state index in [4.69, 9.17) is 10.5 Å². The molecule has 1 aromatic carbocycles. The highest BCUT2D eigenvalue weighted by Gasteiger charge is 2.22. The van der Waals surface area contributed by atoms with Crippen LogP contribution in [0.3, 0.4) is 0 Å². The van der Waals surface area contributed by atoms with Gasteiger partial charge in [-0.05, 0) is 67.8 Å². The van der Waals surface area contributed by atoms with E-state index in [9.17, 15) is 0 Å². The van der Waals surface area contributed by atoms with E-state index >= 15 is 0 Å². The summed E-state index contributed by atoms with van der Waals surface area (Å²) in [6.07, 6.45) is 6.01. The van der Waals surface area contributed by atoms with Crippen molar-refractivity contribution >= 4 is 5.69 Å². The number of ether oxygens (including phenoxy) is 1. The molecule has 1 fully saturated rings. The van der Waals surface area contributed by atoms with E-state index < -0.39 is 0 Å². The van der Waals surface area contributed by atoms with Crippen LogP contribution < -0.4 is 10.6 Å². The Morgan fingerprint density at radius 3 is 2.80 bits per heavy atom. The average molecular weight is 274 g/mol. The average Bonchev–Trinajstić information content (AvgIpc) is 2.53. The predicted octanol–water partition coefficient (Wildman–Crippen LogP) is 2.68. The number of anilines is 1. The van der Waals surface area contributed by atoms with E-state index in [0.717, 1.165) is 32.6 Å². The van der Waals surface area contributed by atoms with Crippen LogP contribution in [0.4, 0.5) is 5.69 Å². The highest BCUT2D eigenvalue weighted by atomic mass is 16.5. The number of nitrogens with zero attached hydrogens (tertiary/aromatic N) is 1. The molecule has 0 spiro atoms. The Labute approximate surface area is 122 Å². The third kappa shape index (κ3) is 2.70. The van der Waals surface area contributed by atoms with E-state index in [2.05, 4.69) is 30.1 Å². The van der Waals surface area contributed by atoms with E-state index in [1.807, 2.05) is 0 Å². The minimum Gasteiger partial charge on any atom is -0.381 e. The van der Waals surface area contributed by atoms with Gasteiger partial charge in [0.05, 0.1) is 0 Å². The van der Waals surface area contributed by atoms with Crippen molar-refractivity contribution in [3.63, 3.8) is 0 Å². The molecule has 110 valence electrons. The number of benzene rings is 1. The molecule has 20 heavy (non-hydrogen) atoms. The molecule has 1 aliphatic carbocycles. The zero-order chi connectivity index (χ0) is 13.9. The van der Waals surface area contributed by atoms with Gasteiger partial charge in [0.25, 0.3) is 0 Å². The molecule has 3 heteroatoms. The summed E-state index contributed by atoms with van der Waals surface area (Å²) in [5, 5.41) is 0. The molecule has 1 atom stereocenters. The summed E-state index contributed by atoms with van der Waals surface area (Å²) in [5.74, 6) is 0.571. The van der Waals surface area contributed by atoms with Crippen LogP contribution in [0.1, 0.15) is 42.7 Å². The molecule has 0 aromatic heterocycles. The fourth-order valence-electron chi connectivity index (χ4n) is 3.65. The SMILES string of the molecule is CN(c1ccc2c(c1)CCC[C@H]2CN)C1CCOCC1. The van der Waals surface area contributed by atoms with Crippen LogP contribution in [0, 0.1) is 0 Å². The second-order valence-electron chi connectivity index (χ2n) is 6.16. The molecule has 3 nitrogen and oxygen atoms in total. The summed E-state index contributed by atoms with van der Waals surface area (Å²) < 4.78 is 5.46. The Morgan fingerprint density at radius 1 is 1.25 bits per heavy atom. The summed E-state index contributed by atoms with van der Waals surface area (Å²) in [4.78, 5) is 2.44. The maximum atomic E-state index is 5.91. The van der Waals surface area contributed by atoms with Gasteiger partial charge in [-0.1, -0.05) is 6.07 Å². The molecule has 1 saturated heterocycles. The maximum Gasteiger partial charge on any atom is 0.0485 e. The first-order chi connectivity index (χ1) is 9.79. The minimum absolute atomic E-state index is 0.571. The standard InChI is InChI=1S/C17H26N2O/c1-19(15-7-9-20-10-8-15)16-5-6-17-13(11-16)3-2-4-14(17)12-18/h5-6,11,14-15H,2-4,7-10,12,18H2,1H3/t14-/m0/s1. The second kappa shape index (κ2) is 6.15. The van der Waals surface area contributed by atoms with Crippen LogP contribution in [0.5, 0.6) is 0 Å². The van der Waals surface area contributed by atoms with Gasteiger partial charge in [0.15, 0.2) is 0 Å². The number of rotatable bonds is 3. The fraction of sp³-hybridized carbons (Fsp3) is 0.647. The van der Waals surface area contributed by atoms with Crippen LogP contribution >= 0.6 is 0 Å². The lowest BCUT2D eigenvalue weighted by Crippen LogP contribution is -2.36. The van der Waals surface area contributed by atoms with Crippen molar-refractivity contribution in [2.45, 2.75) is 44.1 Å². The third-order valence-electron chi connectivity index (χ3n) is 5.00. The molecule has 0 bridgehead atoms. The lowest BCUT2D eigenvalue weighted by molar-refractivity contribution is 0.0855. The van der Waals surface area contributed by atoms with Crippen LogP contribution in [0.25, 0.3) is 0 Å². The van der Waals surface area contributed by atoms with Gasteiger partial charge in [0.1, 0.15) is 0 Å². The van der Waals surface area contributed by atoms with Crippen LogP contribution in [-0.4, -0.2) is 32.8 Å². The van der Waals surface area contributed by atoms with Gasteiger partial charge in [-0.25, -0.2) is 0 Å². The van der Waals surface area contributed by atoms with Gasteiger partial charge in [-0.15, -0.1) is 0 Å². The Balaban J connectivity index is 1.80. The van der Waals surface area contributed by atoms with Gasteiger partial charge in [0, 0.05) is 32.0 Å². The summed E-state index contributed by atoms with van der Waals surface area (Å²) in [7, 11) is 2.22. The topological polar surface area (TPSA) is 38.5 Å². The Hall–Kier alpha value is -1.06. The number of aryl methyl sites for hydroxylation is 1. The molecule has 1 aliphatic heterocycles. The van der Waals surface area contributed by atoms with Crippen molar-refractivity contribution < 1.29 is 4.74 Å². The lowest BCUT2D eigenvalue weighted by Gasteiger charge is -2.34. The molecule has 0 unspecified atom stereocenters. The van der Waals surface area contributed by atoms with Crippen molar-refractivity contribution in [1.82, 2.24) is 0 Å². The molecule has 2 N–H and O–H groups in total. The molecule has 1 aromatic rings. The van der Waals surface area contributed by atoms with E-state index in [1.165, 1.54) is 36.1 Å². The summed E-state index contributed by atoms with van der Waals surface area (Å²) in [5.41, 5.74) is 10.3. The number of nitrogens with two attached hydrogens (primary N) is 1. The molecule has 0 radical (unpaired) electrons. The predicted molar refractivity (Wildman–Crippen MR) is 83.4 cm³/mol. The highest BCUT2D eigenvalue weighted by Crippen LogP contribution is 2.34. The zero-order valence-electron chi connectivity index (χ0n) is 12.5. The largest absolute Gasteiger partial charge is 0.381 e. The first-order valence-electron chi connectivity index (χ1n) is 7.93. The number of hydrogen-bond donors (Lipinski definition) is 1. The second-order valence-corrected chi connectivity index (χ2v) is 6.16. The summed E-state index contributed by atoms with van der Waals surface area (Å²) in [6, 6.07) is 7.61. The molecule has 0 saturated carbocycles. The van der Waals surface area contributed by atoms with Gasteiger partial charge in [0.2, 0.25) is 0 Å². The van der Waals surface area contributed by atoms with Crippen LogP contribution in [-0.2, 0) is 11.2 Å². The Kier molecular flexibility index (Phi) is 4.27. The molecule has 2 aliphatic rings. The van der Waals surface area contributed by atoms with Gasteiger partial charge in [-0.3, -0.25) is 0 Å². The zero-order valence-corrected chi connectivity index (χ0v) is 12.5. The van der Waals surface area contributed by atoms with Crippen molar-refractivity contribution in [1.29, 1.82) is 0 Å². The molecule has 0 amide bonds. The Morgan fingerprint density at radius 2 is 2.05 bits per heavy atom. The number of hydrogen-bond acceptors (Lipinski definition) is 3. The molecule has 1 heterocycles. The third-order valence-corrected chi connectivity index (χ3v) is 5.00. The van der Waals surface area contributed by atoms with Gasteiger partial charge in [-0.2, -0.15) is 0 Å². The van der Waals surface area contributed by atoms with Crippen LogP contribution in [0.15, 0.2) is 18.2 Å². The lowest BCUT2D eigenvalue weighted by atomic mass is 9.82. The number of fused-ring (bicyclic) bond motifs is 1. The maximum absolute atomic E-state index is 5.91. The smallest absolute Gasteiger partial charge is 0.0485 e. The van der Waals surface area contributed by atoms with Crippen molar-refractivity contribution in [2.24, 2.45) is 5.73 Å². The van der Waals surface area contributed by atoms with Crippen molar-refractivity contribution in [2.75, 3.05) is 31.7 Å².